The molecular weight excluding hydrogens is 374 g/mol. The number of carbonyl (C=O) groups is 2. The van der Waals surface area contributed by atoms with Crippen LogP contribution in [-0.2, 0) is 19.1 Å². The zero-order chi connectivity index (χ0) is 20.5. The van der Waals surface area contributed by atoms with Crippen LogP contribution in [0.5, 0.6) is 0 Å². The first-order valence-corrected chi connectivity index (χ1v) is 8.84. The van der Waals surface area contributed by atoms with Gasteiger partial charge in [-0.2, -0.15) is 0 Å². The van der Waals surface area contributed by atoms with Crippen molar-refractivity contribution >= 4 is 40.6 Å². The van der Waals surface area contributed by atoms with E-state index in [9.17, 15) is 14.4 Å². The van der Waals surface area contributed by atoms with Crippen molar-refractivity contribution < 1.29 is 23.5 Å². The van der Waals surface area contributed by atoms with Crippen molar-refractivity contribution in [3.05, 3.63) is 76.0 Å². The first kappa shape index (κ1) is 18.5. The van der Waals surface area contributed by atoms with Gasteiger partial charge in [-0.1, -0.05) is 30.3 Å². The van der Waals surface area contributed by atoms with Crippen LogP contribution < -0.4 is 10.3 Å². The number of esters is 2. The molecule has 3 aromatic rings. The Balaban J connectivity index is 2.10. The van der Waals surface area contributed by atoms with E-state index in [2.05, 4.69) is 0 Å². The molecule has 0 amide bonds. The fraction of sp³-hybridized carbons (Fsp3) is 0.136. The molecule has 1 aliphatic rings. The van der Waals surface area contributed by atoms with Gasteiger partial charge in [0.2, 0.25) is 11.3 Å². The lowest BCUT2D eigenvalue weighted by molar-refractivity contribution is -0.144. The quantitative estimate of drug-likeness (QED) is 0.634. The van der Waals surface area contributed by atoms with Gasteiger partial charge >= 0.3 is 11.9 Å². The Kier molecular flexibility index (Phi) is 4.64. The van der Waals surface area contributed by atoms with Crippen LogP contribution in [-0.4, -0.2) is 32.2 Å². The fourth-order valence-electron chi connectivity index (χ4n) is 3.43. The highest BCUT2D eigenvalue weighted by Crippen LogP contribution is 2.39. The van der Waals surface area contributed by atoms with E-state index in [0.717, 1.165) is 0 Å². The second-order valence-corrected chi connectivity index (χ2v) is 6.37. The third-order valence-corrected chi connectivity index (χ3v) is 4.76. The molecule has 29 heavy (non-hydrogen) atoms. The molecule has 4 rings (SSSR count). The first-order valence-electron chi connectivity index (χ1n) is 8.84. The molecular formula is C22H17NO6. The summed E-state index contributed by atoms with van der Waals surface area (Å²) in [5.74, 6) is -1.27. The Morgan fingerprint density at radius 2 is 1.66 bits per heavy atom. The molecule has 0 radical (unpaired) electrons. The van der Waals surface area contributed by atoms with Crippen LogP contribution in [0.4, 0.5) is 11.6 Å². The maximum atomic E-state index is 13.2. The number of fused-ring (bicyclic) bond motifs is 2. The van der Waals surface area contributed by atoms with Crippen molar-refractivity contribution in [2.45, 2.75) is 6.04 Å². The summed E-state index contributed by atoms with van der Waals surface area (Å²) in [6.45, 7) is 0. The number of anilines is 2. The second-order valence-electron chi connectivity index (χ2n) is 6.37. The third-order valence-electron chi connectivity index (χ3n) is 4.76. The van der Waals surface area contributed by atoms with Crippen LogP contribution in [0.25, 0.3) is 17.0 Å². The molecule has 0 bridgehead atoms. The van der Waals surface area contributed by atoms with E-state index < -0.39 is 18.0 Å². The Bertz CT molecular complexity index is 1190. The predicted molar refractivity (Wildman–Crippen MR) is 107 cm³/mol. The molecule has 7 nitrogen and oxygen atoms in total. The van der Waals surface area contributed by atoms with Crippen LogP contribution >= 0.6 is 0 Å². The van der Waals surface area contributed by atoms with Gasteiger partial charge < -0.3 is 13.9 Å². The molecule has 1 aliphatic heterocycles. The van der Waals surface area contributed by atoms with Gasteiger partial charge in [-0.3, -0.25) is 9.69 Å². The number of hydrogen-bond acceptors (Lipinski definition) is 7. The molecule has 1 atom stereocenters. The van der Waals surface area contributed by atoms with Crippen LogP contribution in [0, 0.1) is 0 Å². The summed E-state index contributed by atoms with van der Waals surface area (Å²) in [5, 5.41) is 0.372. The smallest absolute Gasteiger partial charge is 0.336 e. The predicted octanol–water partition coefficient (Wildman–Crippen LogP) is 3.04. The highest BCUT2D eigenvalue weighted by molar-refractivity contribution is 6.07. The van der Waals surface area contributed by atoms with Crippen molar-refractivity contribution in [1.29, 1.82) is 0 Å². The number of methoxy groups -OCH3 is 2. The maximum absolute atomic E-state index is 13.2. The highest BCUT2D eigenvalue weighted by atomic mass is 16.5. The van der Waals surface area contributed by atoms with Crippen molar-refractivity contribution in [2.24, 2.45) is 0 Å². The lowest BCUT2D eigenvalue weighted by Crippen LogP contribution is -2.45. The summed E-state index contributed by atoms with van der Waals surface area (Å²) in [6, 6.07) is 14.5. The Hall–Kier alpha value is -3.87. The molecule has 2 aromatic carbocycles. The monoisotopic (exact) mass is 391 g/mol. The SMILES string of the molecule is COC(=O)C1=Cc2c(oc3ccccc3c2=O)N(c2ccccc2)C1C(=O)OC. The standard InChI is InChI=1S/C22H17NO6/c1-27-21(25)15-12-16-19(24)14-10-6-7-11-17(14)29-20(16)23(18(15)22(26)28-2)13-8-4-3-5-9-13/h3-12,18H,1-2H3. The van der Waals surface area contributed by atoms with Crippen molar-refractivity contribution in [3.8, 4) is 0 Å². The van der Waals surface area contributed by atoms with Gasteiger partial charge in [-0.15, -0.1) is 0 Å². The summed E-state index contributed by atoms with van der Waals surface area (Å²) >= 11 is 0. The van der Waals surface area contributed by atoms with Crippen molar-refractivity contribution in [2.75, 3.05) is 19.1 Å². The molecule has 0 aliphatic carbocycles. The number of ether oxygens (including phenoxy) is 2. The molecule has 0 fully saturated rings. The van der Waals surface area contributed by atoms with E-state index in [4.69, 9.17) is 13.9 Å². The lowest BCUT2D eigenvalue weighted by atomic mass is 9.96. The van der Waals surface area contributed by atoms with E-state index in [1.165, 1.54) is 25.2 Å². The number of benzene rings is 2. The molecule has 0 saturated carbocycles. The van der Waals surface area contributed by atoms with Gasteiger partial charge in [0.1, 0.15) is 5.58 Å². The van der Waals surface area contributed by atoms with Gasteiger partial charge in [-0.25, -0.2) is 9.59 Å². The zero-order valence-electron chi connectivity index (χ0n) is 15.7. The summed E-state index contributed by atoms with van der Waals surface area (Å²) in [5.41, 5.74) is 0.756. The van der Waals surface area contributed by atoms with E-state index in [1.54, 1.807) is 48.5 Å². The van der Waals surface area contributed by atoms with Crippen LogP contribution in [0.2, 0.25) is 0 Å². The summed E-state index contributed by atoms with van der Waals surface area (Å²) in [6.07, 6.45) is 1.35. The minimum absolute atomic E-state index is 0.0155. The molecule has 1 aromatic heterocycles. The van der Waals surface area contributed by atoms with E-state index in [0.29, 0.717) is 16.7 Å². The minimum atomic E-state index is -1.17. The highest BCUT2D eigenvalue weighted by Gasteiger charge is 2.42. The lowest BCUT2D eigenvalue weighted by Gasteiger charge is -2.34. The van der Waals surface area contributed by atoms with Gasteiger partial charge in [0, 0.05) is 5.69 Å². The number of nitrogens with zero attached hydrogens (tertiary/aromatic N) is 1. The zero-order valence-corrected chi connectivity index (χ0v) is 15.7. The molecule has 2 heterocycles. The summed E-state index contributed by atoms with van der Waals surface area (Å²) < 4.78 is 15.9. The Labute approximate surface area is 165 Å². The fourth-order valence-corrected chi connectivity index (χ4v) is 3.43. The Morgan fingerprint density at radius 1 is 0.966 bits per heavy atom. The Morgan fingerprint density at radius 3 is 2.34 bits per heavy atom. The molecule has 0 N–H and O–H groups in total. The largest absolute Gasteiger partial charge is 0.467 e. The van der Waals surface area contributed by atoms with Gasteiger partial charge in [-0.05, 0) is 30.3 Å². The average Bonchev–Trinajstić information content (AvgIpc) is 2.77. The van der Waals surface area contributed by atoms with Gasteiger partial charge in [0.15, 0.2) is 6.04 Å². The normalized spacial score (nSPS) is 15.4. The number of carbonyl (C=O) groups excluding carboxylic acids is 2. The first-order chi connectivity index (χ1) is 14.1. The minimum Gasteiger partial charge on any atom is -0.467 e. The van der Waals surface area contributed by atoms with Crippen LogP contribution in [0.15, 0.2) is 69.4 Å². The summed E-state index contributed by atoms with van der Waals surface area (Å²) in [7, 11) is 2.44. The number of rotatable bonds is 3. The summed E-state index contributed by atoms with van der Waals surface area (Å²) in [4.78, 5) is 39.8. The molecule has 0 saturated heterocycles. The maximum Gasteiger partial charge on any atom is 0.336 e. The van der Waals surface area contributed by atoms with Crippen molar-refractivity contribution in [3.63, 3.8) is 0 Å². The number of para-hydroxylation sites is 2. The van der Waals surface area contributed by atoms with Crippen LogP contribution in [0.1, 0.15) is 5.56 Å². The third kappa shape index (κ3) is 2.97. The molecule has 7 heteroatoms. The topological polar surface area (TPSA) is 86.0 Å². The number of hydrogen-bond donors (Lipinski definition) is 0. The molecule has 0 spiro atoms. The molecule has 1 unspecified atom stereocenters. The van der Waals surface area contributed by atoms with Gasteiger partial charge in [0.25, 0.3) is 0 Å². The van der Waals surface area contributed by atoms with E-state index >= 15 is 0 Å². The second kappa shape index (κ2) is 7.27. The van der Waals surface area contributed by atoms with Gasteiger partial charge in [0.05, 0.1) is 30.7 Å². The molecule has 146 valence electrons. The van der Waals surface area contributed by atoms with E-state index in [1.807, 2.05) is 6.07 Å². The van der Waals surface area contributed by atoms with E-state index in [-0.39, 0.29) is 22.4 Å². The van der Waals surface area contributed by atoms with Crippen LogP contribution in [0.3, 0.4) is 0 Å². The average molecular weight is 391 g/mol. The van der Waals surface area contributed by atoms with Crippen molar-refractivity contribution in [1.82, 2.24) is 0 Å².